The van der Waals surface area contributed by atoms with E-state index in [4.69, 9.17) is 0 Å². The summed E-state index contributed by atoms with van der Waals surface area (Å²) in [5.41, 5.74) is 1.44. The van der Waals surface area contributed by atoms with Crippen molar-refractivity contribution in [2.24, 2.45) is 5.41 Å². The Balaban J connectivity index is 2.05. The molecule has 0 radical (unpaired) electrons. The average molecular weight is 206 g/mol. The Bertz CT molecular complexity index is 369. The minimum absolute atomic E-state index is 0.179. The molecule has 2 rings (SSSR count). The van der Waals surface area contributed by atoms with Crippen LogP contribution in [0.3, 0.4) is 0 Å². The molecule has 1 fully saturated rings. The Morgan fingerprint density at radius 1 is 1.60 bits per heavy atom. The van der Waals surface area contributed by atoms with Crippen LogP contribution in [-0.2, 0) is 17.8 Å². The predicted octanol–water partition coefficient (Wildman–Crippen LogP) is 2.20. The molecule has 1 aliphatic rings. The second-order valence-electron chi connectivity index (χ2n) is 4.91. The molecule has 0 aliphatic heterocycles. The van der Waals surface area contributed by atoms with Crippen LogP contribution in [0.25, 0.3) is 0 Å². The van der Waals surface area contributed by atoms with E-state index in [0.717, 1.165) is 32.2 Å². The van der Waals surface area contributed by atoms with Crippen LogP contribution < -0.4 is 0 Å². The van der Waals surface area contributed by atoms with Gasteiger partial charge in [-0.05, 0) is 30.7 Å². The zero-order valence-electron chi connectivity index (χ0n) is 9.49. The predicted molar refractivity (Wildman–Crippen MR) is 58.6 cm³/mol. The SMILES string of the molecule is CCn1cc(CC2(C)CCC(=O)C2)cn1. The Labute approximate surface area is 90.5 Å². The van der Waals surface area contributed by atoms with Gasteiger partial charge in [-0.25, -0.2) is 0 Å². The molecule has 82 valence electrons. The van der Waals surface area contributed by atoms with Gasteiger partial charge in [0.1, 0.15) is 5.78 Å². The van der Waals surface area contributed by atoms with Gasteiger partial charge in [0.25, 0.3) is 0 Å². The summed E-state index contributed by atoms with van der Waals surface area (Å²) in [7, 11) is 0. The monoisotopic (exact) mass is 206 g/mol. The van der Waals surface area contributed by atoms with E-state index >= 15 is 0 Å². The number of carbonyl (C=O) groups excluding carboxylic acids is 1. The minimum atomic E-state index is 0.179. The van der Waals surface area contributed by atoms with Gasteiger partial charge in [0, 0.05) is 25.6 Å². The second-order valence-corrected chi connectivity index (χ2v) is 4.91. The van der Waals surface area contributed by atoms with Crippen molar-refractivity contribution in [1.82, 2.24) is 9.78 Å². The fourth-order valence-electron chi connectivity index (χ4n) is 2.41. The fraction of sp³-hybridized carbons (Fsp3) is 0.667. The summed E-state index contributed by atoms with van der Waals surface area (Å²) in [5, 5.41) is 4.26. The van der Waals surface area contributed by atoms with Crippen LogP contribution in [0.1, 0.15) is 38.7 Å². The van der Waals surface area contributed by atoms with Crippen molar-refractivity contribution in [2.75, 3.05) is 0 Å². The highest BCUT2D eigenvalue weighted by atomic mass is 16.1. The summed E-state index contributed by atoms with van der Waals surface area (Å²) < 4.78 is 1.94. The largest absolute Gasteiger partial charge is 0.300 e. The number of rotatable bonds is 3. The van der Waals surface area contributed by atoms with Crippen molar-refractivity contribution in [1.29, 1.82) is 0 Å². The standard InChI is InChI=1S/C12H18N2O/c1-3-14-9-10(8-13-14)6-12(2)5-4-11(15)7-12/h8-9H,3-7H2,1-2H3. The normalized spacial score (nSPS) is 26.1. The van der Waals surface area contributed by atoms with Gasteiger partial charge in [-0.15, -0.1) is 0 Å². The molecule has 0 aromatic carbocycles. The molecule has 0 amide bonds. The first kappa shape index (κ1) is 10.4. The van der Waals surface area contributed by atoms with Gasteiger partial charge in [0.05, 0.1) is 6.20 Å². The van der Waals surface area contributed by atoms with Gasteiger partial charge in [0.15, 0.2) is 0 Å². The Hall–Kier alpha value is -1.12. The summed E-state index contributed by atoms with van der Waals surface area (Å²) in [6.07, 6.45) is 7.54. The lowest BCUT2D eigenvalue weighted by Crippen LogP contribution is -2.15. The molecule has 1 saturated carbocycles. The number of Topliss-reactive ketones (excluding diaryl/α,β-unsaturated/α-hetero) is 1. The van der Waals surface area contributed by atoms with Crippen LogP contribution in [0.4, 0.5) is 0 Å². The fourth-order valence-corrected chi connectivity index (χ4v) is 2.41. The summed E-state index contributed by atoms with van der Waals surface area (Å²) in [4.78, 5) is 11.3. The van der Waals surface area contributed by atoms with Gasteiger partial charge >= 0.3 is 0 Å². The number of hydrogen-bond acceptors (Lipinski definition) is 2. The molecule has 1 aromatic rings. The Morgan fingerprint density at radius 2 is 2.40 bits per heavy atom. The highest BCUT2D eigenvalue weighted by Gasteiger charge is 2.34. The molecule has 0 saturated heterocycles. The van der Waals surface area contributed by atoms with Crippen LogP contribution in [-0.4, -0.2) is 15.6 Å². The van der Waals surface area contributed by atoms with Crippen molar-refractivity contribution in [3.05, 3.63) is 18.0 Å². The molecule has 1 heterocycles. The molecule has 15 heavy (non-hydrogen) atoms. The number of nitrogens with zero attached hydrogens (tertiary/aromatic N) is 2. The van der Waals surface area contributed by atoms with Crippen molar-refractivity contribution >= 4 is 5.78 Å². The summed E-state index contributed by atoms with van der Waals surface area (Å²) >= 11 is 0. The zero-order valence-corrected chi connectivity index (χ0v) is 9.49. The molecular weight excluding hydrogens is 188 g/mol. The molecule has 0 spiro atoms. The smallest absolute Gasteiger partial charge is 0.133 e. The number of hydrogen-bond donors (Lipinski definition) is 0. The lowest BCUT2D eigenvalue weighted by molar-refractivity contribution is -0.117. The van der Waals surface area contributed by atoms with Gasteiger partial charge in [-0.3, -0.25) is 9.48 Å². The maximum Gasteiger partial charge on any atom is 0.133 e. The summed E-state index contributed by atoms with van der Waals surface area (Å²) in [5.74, 6) is 0.417. The number of aryl methyl sites for hydroxylation is 1. The van der Waals surface area contributed by atoms with Crippen molar-refractivity contribution in [2.45, 2.75) is 46.1 Å². The van der Waals surface area contributed by atoms with Gasteiger partial charge in [-0.2, -0.15) is 5.10 Å². The van der Waals surface area contributed by atoms with E-state index in [2.05, 4.69) is 25.1 Å². The molecular formula is C12H18N2O. The lowest BCUT2D eigenvalue weighted by Gasteiger charge is -2.21. The van der Waals surface area contributed by atoms with E-state index < -0.39 is 0 Å². The number of ketones is 1. The van der Waals surface area contributed by atoms with Gasteiger partial charge < -0.3 is 0 Å². The molecule has 1 aromatic heterocycles. The maximum absolute atomic E-state index is 11.3. The van der Waals surface area contributed by atoms with Gasteiger partial charge in [0.2, 0.25) is 0 Å². The van der Waals surface area contributed by atoms with Crippen molar-refractivity contribution in [3.63, 3.8) is 0 Å². The first-order valence-corrected chi connectivity index (χ1v) is 5.64. The minimum Gasteiger partial charge on any atom is -0.300 e. The Morgan fingerprint density at radius 3 is 2.93 bits per heavy atom. The summed E-state index contributed by atoms with van der Waals surface area (Å²) in [6, 6.07) is 0. The second kappa shape index (κ2) is 3.80. The van der Waals surface area contributed by atoms with Crippen LogP contribution in [0, 0.1) is 5.41 Å². The average Bonchev–Trinajstić information content (AvgIpc) is 2.74. The Kier molecular flexibility index (Phi) is 2.63. The number of carbonyl (C=O) groups is 1. The highest BCUT2D eigenvalue weighted by Crippen LogP contribution is 2.38. The quantitative estimate of drug-likeness (QED) is 0.760. The third-order valence-electron chi connectivity index (χ3n) is 3.27. The van der Waals surface area contributed by atoms with Crippen LogP contribution in [0.5, 0.6) is 0 Å². The number of aromatic nitrogens is 2. The molecule has 0 N–H and O–H groups in total. The van der Waals surface area contributed by atoms with Crippen LogP contribution in [0.15, 0.2) is 12.4 Å². The first-order chi connectivity index (χ1) is 7.11. The molecule has 1 atom stereocenters. The van der Waals surface area contributed by atoms with Crippen LogP contribution in [0.2, 0.25) is 0 Å². The molecule has 3 heteroatoms. The van der Waals surface area contributed by atoms with E-state index in [9.17, 15) is 4.79 Å². The van der Waals surface area contributed by atoms with Crippen molar-refractivity contribution in [3.8, 4) is 0 Å². The van der Waals surface area contributed by atoms with E-state index in [1.807, 2.05) is 10.9 Å². The molecule has 1 unspecified atom stereocenters. The zero-order chi connectivity index (χ0) is 10.9. The van der Waals surface area contributed by atoms with Crippen molar-refractivity contribution < 1.29 is 4.79 Å². The van der Waals surface area contributed by atoms with Gasteiger partial charge in [-0.1, -0.05) is 6.92 Å². The van der Waals surface area contributed by atoms with E-state index in [1.54, 1.807) is 0 Å². The third-order valence-corrected chi connectivity index (χ3v) is 3.27. The summed E-state index contributed by atoms with van der Waals surface area (Å²) in [6.45, 7) is 5.20. The topological polar surface area (TPSA) is 34.9 Å². The molecule has 0 bridgehead atoms. The lowest BCUT2D eigenvalue weighted by atomic mass is 9.83. The van der Waals surface area contributed by atoms with E-state index in [0.29, 0.717) is 5.78 Å². The first-order valence-electron chi connectivity index (χ1n) is 5.64. The highest BCUT2D eigenvalue weighted by molar-refractivity contribution is 5.81. The molecule has 1 aliphatic carbocycles. The van der Waals surface area contributed by atoms with E-state index in [-0.39, 0.29) is 5.41 Å². The third kappa shape index (κ3) is 2.28. The molecule has 3 nitrogen and oxygen atoms in total. The van der Waals surface area contributed by atoms with Crippen LogP contribution >= 0.6 is 0 Å². The maximum atomic E-state index is 11.3. The van der Waals surface area contributed by atoms with E-state index in [1.165, 1.54) is 5.56 Å².